The van der Waals surface area contributed by atoms with E-state index in [1.165, 1.54) is 0 Å². The van der Waals surface area contributed by atoms with Crippen molar-refractivity contribution in [2.24, 2.45) is 0 Å². The second-order valence-electron chi connectivity index (χ2n) is 5.66. The Balaban J connectivity index is 2.89. The highest BCUT2D eigenvalue weighted by Gasteiger charge is 2.21. The largest absolute Gasteiger partial charge is 0.494 e. The summed E-state index contributed by atoms with van der Waals surface area (Å²) >= 11 is 12.5. The fourth-order valence-corrected chi connectivity index (χ4v) is 2.69. The van der Waals surface area contributed by atoms with E-state index >= 15 is 0 Å². The van der Waals surface area contributed by atoms with Crippen LogP contribution in [0.15, 0.2) is 12.1 Å². The number of hydrogen-bond acceptors (Lipinski definition) is 2. The molecule has 102 valence electrons. The smallest absolute Gasteiger partial charge is 0.146 e. The van der Waals surface area contributed by atoms with Crippen LogP contribution in [0.4, 0.5) is 0 Å². The van der Waals surface area contributed by atoms with Crippen molar-refractivity contribution in [2.45, 2.75) is 33.1 Å². The van der Waals surface area contributed by atoms with Crippen molar-refractivity contribution in [1.29, 1.82) is 0 Å². The highest BCUT2D eigenvalue weighted by Crippen LogP contribution is 2.37. The number of rotatable bonds is 1. The summed E-state index contributed by atoms with van der Waals surface area (Å²) in [5, 5.41) is 2.17. The third kappa shape index (κ3) is 2.52. The molecule has 0 aliphatic heterocycles. The molecule has 0 N–H and O–H groups in total. The van der Waals surface area contributed by atoms with Gasteiger partial charge in [0.1, 0.15) is 16.4 Å². The Morgan fingerprint density at radius 3 is 2.32 bits per heavy atom. The Labute approximate surface area is 123 Å². The fraction of sp³-hybridized carbons (Fsp3) is 0.400. The maximum absolute atomic E-state index is 6.31. The van der Waals surface area contributed by atoms with Crippen molar-refractivity contribution >= 4 is 34.1 Å². The predicted molar refractivity (Wildman–Crippen MR) is 81.8 cm³/mol. The molecule has 0 unspecified atom stereocenters. The average Bonchev–Trinajstić information content (AvgIpc) is 2.31. The first-order valence-corrected chi connectivity index (χ1v) is 6.85. The minimum absolute atomic E-state index is 0.0692. The zero-order valence-electron chi connectivity index (χ0n) is 11.8. The van der Waals surface area contributed by atoms with E-state index in [9.17, 15) is 0 Å². The van der Waals surface area contributed by atoms with E-state index in [-0.39, 0.29) is 5.41 Å². The van der Waals surface area contributed by atoms with Crippen LogP contribution in [-0.2, 0) is 5.41 Å². The monoisotopic (exact) mass is 297 g/mol. The number of methoxy groups -OCH3 is 1. The average molecular weight is 298 g/mol. The van der Waals surface area contributed by atoms with Crippen LogP contribution in [0, 0.1) is 6.92 Å². The van der Waals surface area contributed by atoms with Crippen molar-refractivity contribution < 1.29 is 4.74 Å². The molecule has 0 aliphatic carbocycles. The van der Waals surface area contributed by atoms with Crippen molar-refractivity contribution in [3.05, 3.63) is 33.4 Å². The number of benzene rings is 1. The van der Waals surface area contributed by atoms with E-state index in [0.717, 1.165) is 22.0 Å². The third-order valence-corrected chi connectivity index (χ3v) is 3.94. The Hall–Kier alpha value is -0.990. The van der Waals surface area contributed by atoms with Crippen LogP contribution in [0.1, 0.15) is 31.9 Å². The minimum Gasteiger partial charge on any atom is -0.494 e. The van der Waals surface area contributed by atoms with Gasteiger partial charge in [0, 0.05) is 16.5 Å². The molecule has 0 saturated heterocycles. The van der Waals surface area contributed by atoms with Crippen LogP contribution in [-0.4, -0.2) is 12.1 Å². The van der Waals surface area contributed by atoms with Gasteiger partial charge >= 0.3 is 0 Å². The topological polar surface area (TPSA) is 22.1 Å². The van der Waals surface area contributed by atoms with Gasteiger partial charge in [-0.1, -0.05) is 44.0 Å². The van der Waals surface area contributed by atoms with Crippen molar-refractivity contribution in [1.82, 2.24) is 4.98 Å². The molecule has 0 fully saturated rings. The molecule has 1 aromatic carbocycles. The molecule has 1 heterocycles. The summed E-state index contributed by atoms with van der Waals surface area (Å²) in [6.07, 6.45) is 0. The van der Waals surface area contributed by atoms with Crippen LogP contribution in [0.5, 0.6) is 5.75 Å². The molecule has 2 rings (SSSR count). The standard InChI is InChI=1S/C15H17Cl2NO/c1-8-9-6-10(15(2,3)4)14(17)18-13(9)12(19-5)7-11(8)16/h6-7H,1-5H3. The number of fused-ring (bicyclic) bond motifs is 1. The molecule has 2 nitrogen and oxygen atoms in total. The van der Waals surface area contributed by atoms with Gasteiger partial charge in [-0.25, -0.2) is 4.98 Å². The molecule has 0 saturated carbocycles. The molecular weight excluding hydrogens is 281 g/mol. The summed E-state index contributed by atoms with van der Waals surface area (Å²) in [7, 11) is 1.60. The Morgan fingerprint density at radius 1 is 1.16 bits per heavy atom. The van der Waals surface area contributed by atoms with Gasteiger partial charge in [-0.05, 0) is 29.5 Å². The quantitative estimate of drug-likeness (QED) is 0.679. The molecule has 0 amide bonds. The van der Waals surface area contributed by atoms with Crippen molar-refractivity contribution in [2.75, 3.05) is 7.11 Å². The van der Waals surface area contributed by atoms with Gasteiger partial charge in [0.15, 0.2) is 0 Å². The summed E-state index contributed by atoms with van der Waals surface area (Å²) in [4.78, 5) is 4.50. The van der Waals surface area contributed by atoms with Crippen LogP contribution in [0.2, 0.25) is 10.2 Å². The number of ether oxygens (including phenoxy) is 1. The molecule has 2 aromatic rings. The fourth-order valence-electron chi connectivity index (χ4n) is 2.07. The summed E-state index contributed by atoms with van der Waals surface area (Å²) in [6, 6.07) is 3.84. The lowest BCUT2D eigenvalue weighted by atomic mass is 9.87. The lowest BCUT2D eigenvalue weighted by molar-refractivity contribution is 0.419. The van der Waals surface area contributed by atoms with Gasteiger partial charge < -0.3 is 4.74 Å². The normalized spacial score (nSPS) is 11.9. The number of hydrogen-bond donors (Lipinski definition) is 0. The zero-order valence-corrected chi connectivity index (χ0v) is 13.3. The van der Waals surface area contributed by atoms with Crippen molar-refractivity contribution in [3.63, 3.8) is 0 Å². The van der Waals surface area contributed by atoms with Gasteiger partial charge in [-0.3, -0.25) is 0 Å². The van der Waals surface area contributed by atoms with Gasteiger partial charge in [0.25, 0.3) is 0 Å². The number of aryl methyl sites for hydroxylation is 1. The van der Waals surface area contributed by atoms with Gasteiger partial charge in [0.05, 0.1) is 7.11 Å². The van der Waals surface area contributed by atoms with E-state index in [1.54, 1.807) is 13.2 Å². The first-order valence-electron chi connectivity index (χ1n) is 6.09. The molecule has 0 radical (unpaired) electrons. The van der Waals surface area contributed by atoms with Crippen LogP contribution < -0.4 is 4.74 Å². The Morgan fingerprint density at radius 2 is 1.79 bits per heavy atom. The number of nitrogens with zero attached hydrogens (tertiary/aromatic N) is 1. The maximum atomic E-state index is 6.31. The number of pyridine rings is 1. The van der Waals surface area contributed by atoms with Gasteiger partial charge in [-0.2, -0.15) is 0 Å². The van der Waals surface area contributed by atoms with Crippen LogP contribution in [0.3, 0.4) is 0 Å². The highest BCUT2D eigenvalue weighted by atomic mass is 35.5. The minimum atomic E-state index is -0.0692. The van der Waals surface area contributed by atoms with E-state index in [1.807, 2.05) is 6.92 Å². The lowest BCUT2D eigenvalue weighted by Gasteiger charge is -2.21. The number of halogens is 2. The van der Waals surface area contributed by atoms with E-state index in [4.69, 9.17) is 27.9 Å². The van der Waals surface area contributed by atoms with E-state index in [2.05, 4.69) is 31.8 Å². The lowest BCUT2D eigenvalue weighted by Crippen LogP contribution is -2.13. The maximum Gasteiger partial charge on any atom is 0.146 e. The molecule has 0 spiro atoms. The predicted octanol–water partition coefficient (Wildman–Crippen LogP) is 5.16. The molecule has 4 heteroatoms. The Kier molecular flexibility index (Phi) is 3.67. The first kappa shape index (κ1) is 14.4. The van der Waals surface area contributed by atoms with Crippen LogP contribution in [0.25, 0.3) is 10.9 Å². The van der Waals surface area contributed by atoms with Crippen LogP contribution >= 0.6 is 23.2 Å². The third-order valence-electron chi connectivity index (χ3n) is 3.26. The summed E-state index contributed by atoms with van der Waals surface area (Å²) in [6.45, 7) is 8.31. The molecule has 0 aliphatic rings. The molecular formula is C15H17Cl2NO. The summed E-state index contributed by atoms with van der Waals surface area (Å²) in [5.74, 6) is 0.646. The van der Waals surface area contributed by atoms with Crippen molar-refractivity contribution in [3.8, 4) is 5.75 Å². The second-order valence-corrected chi connectivity index (χ2v) is 6.42. The highest BCUT2D eigenvalue weighted by molar-refractivity contribution is 6.33. The summed E-state index contributed by atoms with van der Waals surface area (Å²) < 4.78 is 5.34. The Bertz CT molecular complexity index is 645. The molecule has 0 atom stereocenters. The molecule has 1 aromatic heterocycles. The number of aromatic nitrogens is 1. The zero-order chi connectivity index (χ0) is 14.4. The van der Waals surface area contributed by atoms with E-state index in [0.29, 0.717) is 15.9 Å². The molecule has 19 heavy (non-hydrogen) atoms. The first-order chi connectivity index (χ1) is 8.75. The van der Waals surface area contributed by atoms with E-state index < -0.39 is 0 Å². The van der Waals surface area contributed by atoms with Gasteiger partial charge in [-0.15, -0.1) is 0 Å². The second kappa shape index (κ2) is 4.84. The van der Waals surface area contributed by atoms with Gasteiger partial charge in [0.2, 0.25) is 0 Å². The summed E-state index contributed by atoms with van der Waals surface area (Å²) in [5.41, 5.74) is 2.68. The SMILES string of the molecule is COc1cc(Cl)c(C)c2cc(C(C)(C)C)c(Cl)nc12. The molecule has 0 bridgehead atoms.